The summed E-state index contributed by atoms with van der Waals surface area (Å²) in [7, 11) is 1.65. The molecule has 2 N–H and O–H groups in total. The molecule has 31 heavy (non-hydrogen) atoms. The minimum Gasteiger partial charge on any atom is -0.497 e. The van der Waals surface area contributed by atoms with Crippen molar-refractivity contribution in [2.24, 2.45) is 11.8 Å². The maximum absolute atomic E-state index is 12.5. The molecule has 0 saturated carbocycles. The van der Waals surface area contributed by atoms with E-state index in [0.717, 1.165) is 54.3 Å². The van der Waals surface area contributed by atoms with Crippen molar-refractivity contribution >= 4 is 5.91 Å². The molecule has 3 aromatic rings. The van der Waals surface area contributed by atoms with E-state index in [-0.39, 0.29) is 5.91 Å². The van der Waals surface area contributed by atoms with Crippen LogP contribution in [0.5, 0.6) is 5.75 Å². The molecule has 1 aliphatic heterocycles. The number of piperidine rings is 1. The third-order valence-electron chi connectivity index (χ3n) is 5.83. The lowest BCUT2D eigenvalue weighted by Crippen LogP contribution is -2.40. The van der Waals surface area contributed by atoms with E-state index in [1.807, 2.05) is 42.5 Å². The topological polar surface area (TPSA) is 89.3 Å². The van der Waals surface area contributed by atoms with Crippen LogP contribution in [0.15, 0.2) is 59.4 Å². The summed E-state index contributed by atoms with van der Waals surface area (Å²) in [5.74, 6) is 2.29. The average Bonchev–Trinajstić information content (AvgIpc) is 3.28. The largest absolute Gasteiger partial charge is 0.497 e. The van der Waals surface area contributed by atoms with Gasteiger partial charge >= 0.3 is 0 Å². The third-order valence-corrected chi connectivity index (χ3v) is 5.83. The number of hydrogen-bond acceptors (Lipinski definition) is 6. The van der Waals surface area contributed by atoms with E-state index in [9.17, 15) is 4.79 Å². The fourth-order valence-electron chi connectivity index (χ4n) is 4.07. The number of ether oxygens (including phenoxy) is 1. The van der Waals surface area contributed by atoms with Gasteiger partial charge in [0.1, 0.15) is 5.75 Å². The predicted octanol–water partition coefficient (Wildman–Crippen LogP) is 3.22. The third kappa shape index (κ3) is 5.70. The van der Waals surface area contributed by atoms with Crippen LogP contribution in [0, 0.1) is 11.8 Å². The van der Waals surface area contributed by atoms with Gasteiger partial charge in [0.2, 0.25) is 5.91 Å². The standard InChI is InChI=1S/C24H28N4O3/c1-30-22-6-4-18(5-7-22)23-13-21(28-31-23)11-20-16-26-10-8-19(20)12-24(29)27-15-17-3-2-9-25-14-17/h2-7,9,13-14,19-20,26H,8,10-12,15-16H2,1H3,(H,27,29). The molecule has 1 aliphatic rings. The molecule has 0 radical (unpaired) electrons. The van der Waals surface area contributed by atoms with Crippen molar-refractivity contribution in [3.05, 3.63) is 66.1 Å². The summed E-state index contributed by atoms with van der Waals surface area (Å²) in [6.45, 7) is 2.33. The first kappa shape index (κ1) is 21.1. The Morgan fingerprint density at radius 1 is 1.26 bits per heavy atom. The lowest BCUT2D eigenvalue weighted by molar-refractivity contribution is -0.122. The van der Waals surface area contributed by atoms with Crippen LogP contribution in [0.3, 0.4) is 0 Å². The summed E-state index contributed by atoms with van der Waals surface area (Å²) in [6.07, 6.45) is 5.80. The maximum atomic E-state index is 12.5. The minimum atomic E-state index is 0.0832. The van der Waals surface area contributed by atoms with Gasteiger partial charge in [0, 0.05) is 37.0 Å². The number of aromatic nitrogens is 2. The highest BCUT2D eigenvalue weighted by atomic mass is 16.5. The number of carbonyl (C=O) groups excluding carboxylic acids is 1. The predicted molar refractivity (Wildman–Crippen MR) is 117 cm³/mol. The zero-order valence-electron chi connectivity index (χ0n) is 17.7. The smallest absolute Gasteiger partial charge is 0.220 e. The van der Waals surface area contributed by atoms with Crippen molar-refractivity contribution < 1.29 is 14.1 Å². The Kier molecular flexibility index (Phi) is 6.94. The number of hydrogen-bond donors (Lipinski definition) is 2. The van der Waals surface area contributed by atoms with Crippen molar-refractivity contribution in [2.45, 2.75) is 25.8 Å². The van der Waals surface area contributed by atoms with Crippen LogP contribution in [-0.4, -0.2) is 36.2 Å². The van der Waals surface area contributed by atoms with E-state index in [1.54, 1.807) is 19.5 Å². The van der Waals surface area contributed by atoms with Crippen molar-refractivity contribution in [3.8, 4) is 17.1 Å². The van der Waals surface area contributed by atoms with E-state index < -0.39 is 0 Å². The zero-order valence-corrected chi connectivity index (χ0v) is 17.7. The van der Waals surface area contributed by atoms with Crippen molar-refractivity contribution in [1.29, 1.82) is 0 Å². The Labute approximate surface area is 182 Å². The molecule has 0 spiro atoms. The van der Waals surface area contributed by atoms with Gasteiger partial charge in [-0.05, 0) is 73.7 Å². The van der Waals surface area contributed by atoms with Gasteiger partial charge in [-0.15, -0.1) is 0 Å². The maximum Gasteiger partial charge on any atom is 0.220 e. The molecule has 1 saturated heterocycles. The molecule has 1 fully saturated rings. The Hall–Kier alpha value is -3.19. The first-order chi connectivity index (χ1) is 15.2. The molecule has 1 amide bonds. The van der Waals surface area contributed by atoms with Crippen LogP contribution in [-0.2, 0) is 17.8 Å². The number of carbonyl (C=O) groups is 1. The molecule has 2 aromatic heterocycles. The first-order valence-corrected chi connectivity index (χ1v) is 10.7. The number of amides is 1. The van der Waals surface area contributed by atoms with Crippen molar-refractivity contribution in [1.82, 2.24) is 20.8 Å². The van der Waals surface area contributed by atoms with Crippen molar-refractivity contribution in [3.63, 3.8) is 0 Å². The summed E-state index contributed by atoms with van der Waals surface area (Å²) in [5, 5.41) is 10.8. The monoisotopic (exact) mass is 420 g/mol. The zero-order chi connectivity index (χ0) is 21.5. The Balaban J connectivity index is 1.34. The van der Waals surface area contributed by atoms with E-state index in [1.165, 1.54) is 0 Å². The fraction of sp³-hybridized carbons (Fsp3) is 0.375. The highest BCUT2D eigenvalue weighted by Crippen LogP contribution is 2.28. The highest BCUT2D eigenvalue weighted by molar-refractivity contribution is 5.76. The summed E-state index contributed by atoms with van der Waals surface area (Å²) in [4.78, 5) is 16.6. The van der Waals surface area contributed by atoms with Gasteiger partial charge in [-0.3, -0.25) is 9.78 Å². The van der Waals surface area contributed by atoms with E-state index in [4.69, 9.17) is 9.26 Å². The molecule has 3 heterocycles. The molecule has 0 aliphatic carbocycles. The quantitative estimate of drug-likeness (QED) is 0.582. The molecule has 0 bridgehead atoms. The Morgan fingerprint density at radius 3 is 2.90 bits per heavy atom. The number of nitrogens with one attached hydrogen (secondary N) is 2. The summed E-state index contributed by atoms with van der Waals surface area (Å²) in [5.41, 5.74) is 2.89. The normalized spacial score (nSPS) is 18.5. The number of rotatable bonds is 8. The molecule has 162 valence electrons. The van der Waals surface area contributed by atoms with Gasteiger partial charge in [-0.2, -0.15) is 0 Å². The van der Waals surface area contributed by atoms with Gasteiger partial charge in [-0.1, -0.05) is 11.2 Å². The molecule has 7 nitrogen and oxygen atoms in total. The van der Waals surface area contributed by atoms with Crippen LogP contribution in [0.1, 0.15) is 24.1 Å². The summed E-state index contributed by atoms with van der Waals surface area (Å²) >= 11 is 0. The van der Waals surface area contributed by atoms with Crippen molar-refractivity contribution in [2.75, 3.05) is 20.2 Å². The molecular formula is C24H28N4O3. The van der Waals surface area contributed by atoms with Crippen LogP contribution in [0.25, 0.3) is 11.3 Å². The van der Waals surface area contributed by atoms with Crippen LogP contribution in [0.4, 0.5) is 0 Å². The molecule has 1 aromatic carbocycles. The number of benzene rings is 1. The molecular weight excluding hydrogens is 392 g/mol. The number of nitrogens with zero attached hydrogens (tertiary/aromatic N) is 2. The summed E-state index contributed by atoms with van der Waals surface area (Å²) in [6, 6.07) is 13.6. The Bertz CT molecular complexity index is 972. The SMILES string of the molecule is COc1ccc(-c2cc(CC3CNCCC3CC(=O)NCc3cccnc3)no2)cc1. The second-order valence-corrected chi connectivity index (χ2v) is 7.97. The molecule has 2 atom stereocenters. The second kappa shape index (κ2) is 10.2. The molecule has 2 unspecified atom stereocenters. The second-order valence-electron chi connectivity index (χ2n) is 7.97. The van der Waals surface area contributed by atoms with Crippen LogP contribution >= 0.6 is 0 Å². The van der Waals surface area contributed by atoms with E-state index in [0.29, 0.717) is 24.8 Å². The fourth-order valence-corrected chi connectivity index (χ4v) is 4.07. The van der Waals surface area contributed by atoms with E-state index >= 15 is 0 Å². The Morgan fingerprint density at radius 2 is 2.13 bits per heavy atom. The van der Waals surface area contributed by atoms with Crippen LogP contribution < -0.4 is 15.4 Å². The van der Waals surface area contributed by atoms with Crippen LogP contribution in [0.2, 0.25) is 0 Å². The number of pyridine rings is 1. The highest BCUT2D eigenvalue weighted by Gasteiger charge is 2.28. The molecule has 7 heteroatoms. The molecule has 4 rings (SSSR count). The lowest BCUT2D eigenvalue weighted by atomic mass is 9.81. The van der Waals surface area contributed by atoms with Gasteiger partial charge in [0.15, 0.2) is 5.76 Å². The van der Waals surface area contributed by atoms with E-state index in [2.05, 4.69) is 20.8 Å². The van der Waals surface area contributed by atoms with Gasteiger partial charge < -0.3 is 19.9 Å². The first-order valence-electron chi connectivity index (χ1n) is 10.7. The summed E-state index contributed by atoms with van der Waals surface area (Å²) < 4.78 is 10.8. The number of methoxy groups -OCH3 is 1. The van der Waals surface area contributed by atoms with Gasteiger partial charge in [-0.25, -0.2) is 0 Å². The van der Waals surface area contributed by atoms with Gasteiger partial charge in [0.05, 0.1) is 12.8 Å². The minimum absolute atomic E-state index is 0.0832. The van der Waals surface area contributed by atoms with Gasteiger partial charge in [0.25, 0.3) is 0 Å². The lowest BCUT2D eigenvalue weighted by Gasteiger charge is -2.31. The average molecular weight is 421 g/mol.